The lowest BCUT2D eigenvalue weighted by Crippen LogP contribution is -2.19. The standard InChI is InChI=1S/C16H19N3O3/c1-3-11(2)12-5-4-6-14(7-12)18-15(20)10-19-9-13(8-17-19)16(21)22/h4-9,11H,3,10H2,1-2H3,(H,18,20)(H,21,22). The Morgan fingerprint density at radius 1 is 1.41 bits per heavy atom. The van der Waals surface area contributed by atoms with Crippen LogP contribution in [0.1, 0.15) is 42.1 Å². The minimum atomic E-state index is -1.06. The van der Waals surface area contributed by atoms with Crippen molar-refractivity contribution in [1.82, 2.24) is 9.78 Å². The van der Waals surface area contributed by atoms with Crippen LogP contribution in [-0.4, -0.2) is 26.8 Å². The van der Waals surface area contributed by atoms with Crippen molar-refractivity contribution in [1.29, 1.82) is 0 Å². The molecule has 1 aromatic carbocycles. The number of benzene rings is 1. The number of amides is 1. The summed E-state index contributed by atoms with van der Waals surface area (Å²) in [6.45, 7) is 4.23. The number of carboxylic acids is 1. The second kappa shape index (κ2) is 6.89. The van der Waals surface area contributed by atoms with Gasteiger partial charge in [-0.1, -0.05) is 26.0 Å². The second-order valence-electron chi connectivity index (χ2n) is 5.21. The first kappa shape index (κ1) is 15.8. The minimum Gasteiger partial charge on any atom is -0.478 e. The third kappa shape index (κ3) is 3.94. The van der Waals surface area contributed by atoms with Gasteiger partial charge >= 0.3 is 5.97 Å². The van der Waals surface area contributed by atoms with E-state index in [1.54, 1.807) is 0 Å². The predicted octanol–water partition coefficient (Wildman–Crippen LogP) is 2.73. The van der Waals surface area contributed by atoms with E-state index in [4.69, 9.17) is 5.11 Å². The summed E-state index contributed by atoms with van der Waals surface area (Å²) in [4.78, 5) is 22.8. The fourth-order valence-electron chi connectivity index (χ4n) is 2.07. The molecular weight excluding hydrogens is 282 g/mol. The van der Waals surface area contributed by atoms with Gasteiger partial charge in [-0.3, -0.25) is 9.48 Å². The van der Waals surface area contributed by atoms with Crippen molar-refractivity contribution in [3.63, 3.8) is 0 Å². The van der Waals surface area contributed by atoms with Crippen LogP contribution in [0.25, 0.3) is 0 Å². The molecule has 6 heteroatoms. The Bertz CT molecular complexity index is 679. The van der Waals surface area contributed by atoms with E-state index in [-0.39, 0.29) is 18.0 Å². The zero-order chi connectivity index (χ0) is 16.1. The summed E-state index contributed by atoms with van der Waals surface area (Å²) in [5.41, 5.74) is 1.97. The zero-order valence-corrected chi connectivity index (χ0v) is 12.6. The molecule has 2 N–H and O–H groups in total. The molecule has 1 aromatic heterocycles. The largest absolute Gasteiger partial charge is 0.478 e. The van der Waals surface area contributed by atoms with Gasteiger partial charge in [0.2, 0.25) is 5.91 Å². The second-order valence-corrected chi connectivity index (χ2v) is 5.21. The Morgan fingerprint density at radius 2 is 2.18 bits per heavy atom. The molecule has 0 saturated heterocycles. The van der Waals surface area contributed by atoms with Crippen molar-refractivity contribution in [3.05, 3.63) is 47.8 Å². The summed E-state index contributed by atoms with van der Waals surface area (Å²) < 4.78 is 1.30. The van der Waals surface area contributed by atoms with Gasteiger partial charge in [-0.05, 0) is 30.0 Å². The maximum atomic E-state index is 12.0. The number of aromatic nitrogens is 2. The van der Waals surface area contributed by atoms with E-state index in [0.29, 0.717) is 5.92 Å². The van der Waals surface area contributed by atoms with Crippen LogP contribution in [0.4, 0.5) is 5.69 Å². The van der Waals surface area contributed by atoms with E-state index < -0.39 is 5.97 Å². The highest BCUT2D eigenvalue weighted by atomic mass is 16.4. The Kier molecular flexibility index (Phi) is 4.93. The van der Waals surface area contributed by atoms with Gasteiger partial charge in [0, 0.05) is 11.9 Å². The highest BCUT2D eigenvalue weighted by Crippen LogP contribution is 2.21. The summed E-state index contributed by atoms with van der Waals surface area (Å²) in [5, 5.41) is 15.5. The molecule has 2 rings (SSSR count). The van der Waals surface area contributed by atoms with E-state index in [1.165, 1.54) is 22.6 Å². The molecule has 0 radical (unpaired) electrons. The number of nitrogens with one attached hydrogen (secondary N) is 1. The van der Waals surface area contributed by atoms with Crippen molar-refractivity contribution in [2.45, 2.75) is 32.7 Å². The quantitative estimate of drug-likeness (QED) is 0.859. The van der Waals surface area contributed by atoms with Crippen LogP contribution < -0.4 is 5.32 Å². The molecule has 1 atom stereocenters. The summed E-state index contributed by atoms with van der Waals surface area (Å²) >= 11 is 0. The van der Waals surface area contributed by atoms with Gasteiger partial charge in [-0.2, -0.15) is 5.10 Å². The third-order valence-electron chi connectivity index (χ3n) is 3.54. The number of hydrogen-bond donors (Lipinski definition) is 2. The summed E-state index contributed by atoms with van der Waals surface area (Å²) in [7, 11) is 0. The van der Waals surface area contributed by atoms with Crippen molar-refractivity contribution < 1.29 is 14.7 Å². The van der Waals surface area contributed by atoms with E-state index in [1.807, 2.05) is 24.3 Å². The number of aromatic carboxylic acids is 1. The fourth-order valence-corrected chi connectivity index (χ4v) is 2.07. The van der Waals surface area contributed by atoms with Gasteiger partial charge in [0.1, 0.15) is 6.54 Å². The molecule has 0 spiro atoms. The number of hydrogen-bond acceptors (Lipinski definition) is 3. The first-order chi connectivity index (χ1) is 10.5. The molecule has 1 amide bonds. The first-order valence-corrected chi connectivity index (χ1v) is 7.15. The normalized spacial score (nSPS) is 11.9. The molecule has 116 valence electrons. The van der Waals surface area contributed by atoms with Crippen LogP contribution in [0.5, 0.6) is 0 Å². The molecule has 6 nitrogen and oxygen atoms in total. The molecular formula is C16H19N3O3. The van der Waals surface area contributed by atoms with E-state index >= 15 is 0 Å². The Balaban J connectivity index is 2.00. The SMILES string of the molecule is CCC(C)c1cccc(NC(=O)Cn2cc(C(=O)O)cn2)c1. The molecule has 0 bridgehead atoms. The number of carbonyl (C=O) groups is 2. The number of anilines is 1. The molecule has 1 heterocycles. The lowest BCUT2D eigenvalue weighted by Gasteiger charge is -2.11. The van der Waals surface area contributed by atoms with Crippen LogP contribution in [0, 0.1) is 0 Å². The monoisotopic (exact) mass is 301 g/mol. The van der Waals surface area contributed by atoms with Crippen LogP contribution >= 0.6 is 0 Å². The molecule has 0 fully saturated rings. The Morgan fingerprint density at radius 3 is 2.82 bits per heavy atom. The van der Waals surface area contributed by atoms with E-state index in [2.05, 4.69) is 24.3 Å². The molecule has 0 saturated carbocycles. The topological polar surface area (TPSA) is 84.2 Å². The maximum Gasteiger partial charge on any atom is 0.338 e. The number of nitrogens with zero attached hydrogens (tertiary/aromatic N) is 2. The van der Waals surface area contributed by atoms with Gasteiger partial charge in [-0.25, -0.2) is 4.79 Å². The van der Waals surface area contributed by atoms with Crippen molar-refractivity contribution in [3.8, 4) is 0 Å². The van der Waals surface area contributed by atoms with Crippen molar-refractivity contribution in [2.75, 3.05) is 5.32 Å². The van der Waals surface area contributed by atoms with Crippen LogP contribution in [-0.2, 0) is 11.3 Å². The third-order valence-corrected chi connectivity index (χ3v) is 3.54. The summed E-state index contributed by atoms with van der Waals surface area (Å²) in [6, 6.07) is 7.73. The molecule has 22 heavy (non-hydrogen) atoms. The summed E-state index contributed by atoms with van der Waals surface area (Å²) in [6.07, 6.45) is 3.58. The van der Waals surface area contributed by atoms with Gasteiger partial charge in [-0.15, -0.1) is 0 Å². The highest BCUT2D eigenvalue weighted by molar-refractivity contribution is 5.91. The average Bonchev–Trinajstić information content (AvgIpc) is 2.95. The zero-order valence-electron chi connectivity index (χ0n) is 12.6. The van der Waals surface area contributed by atoms with E-state index in [9.17, 15) is 9.59 Å². The highest BCUT2D eigenvalue weighted by Gasteiger charge is 2.10. The van der Waals surface area contributed by atoms with Crippen molar-refractivity contribution >= 4 is 17.6 Å². The van der Waals surface area contributed by atoms with Crippen LogP contribution in [0.2, 0.25) is 0 Å². The molecule has 0 aliphatic heterocycles. The van der Waals surface area contributed by atoms with Crippen LogP contribution in [0.3, 0.4) is 0 Å². The summed E-state index contributed by atoms with van der Waals surface area (Å²) in [5.74, 6) is -0.879. The average molecular weight is 301 g/mol. The number of rotatable bonds is 6. The van der Waals surface area contributed by atoms with Gasteiger partial charge in [0.05, 0.1) is 11.8 Å². The minimum absolute atomic E-state index is 0.0269. The molecule has 1 unspecified atom stereocenters. The molecule has 2 aromatic rings. The first-order valence-electron chi connectivity index (χ1n) is 7.15. The van der Waals surface area contributed by atoms with Gasteiger partial charge < -0.3 is 10.4 Å². The van der Waals surface area contributed by atoms with Crippen LogP contribution in [0.15, 0.2) is 36.7 Å². The van der Waals surface area contributed by atoms with E-state index in [0.717, 1.165) is 12.1 Å². The Labute approximate surface area is 128 Å². The lowest BCUT2D eigenvalue weighted by atomic mass is 9.98. The predicted molar refractivity (Wildman–Crippen MR) is 83.0 cm³/mol. The Hall–Kier alpha value is -2.63. The van der Waals surface area contributed by atoms with Gasteiger partial charge in [0.15, 0.2) is 0 Å². The van der Waals surface area contributed by atoms with Gasteiger partial charge in [0.25, 0.3) is 0 Å². The number of carboxylic acid groups (broad SMARTS) is 1. The maximum absolute atomic E-state index is 12.0. The number of carbonyl (C=O) groups excluding carboxylic acids is 1. The lowest BCUT2D eigenvalue weighted by molar-refractivity contribution is -0.116. The fraction of sp³-hybridized carbons (Fsp3) is 0.312. The smallest absolute Gasteiger partial charge is 0.338 e. The molecule has 0 aliphatic rings. The molecule has 0 aliphatic carbocycles. The van der Waals surface area contributed by atoms with Crippen molar-refractivity contribution in [2.24, 2.45) is 0 Å².